The van der Waals surface area contributed by atoms with Crippen molar-refractivity contribution in [3.63, 3.8) is 0 Å². The molecule has 3 rings (SSSR count). The highest BCUT2D eigenvalue weighted by Gasteiger charge is 2.28. The number of amides is 2. The van der Waals surface area contributed by atoms with Crippen molar-refractivity contribution in [2.45, 2.75) is 45.6 Å². The molecule has 7 heteroatoms. The van der Waals surface area contributed by atoms with Crippen LogP contribution in [-0.4, -0.2) is 32.5 Å². The number of aromatic nitrogens is 3. The van der Waals surface area contributed by atoms with Crippen molar-refractivity contribution in [1.82, 2.24) is 19.9 Å². The van der Waals surface area contributed by atoms with Gasteiger partial charge in [0.25, 0.3) is 11.8 Å². The van der Waals surface area contributed by atoms with Gasteiger partial charge in [-0.3, -0.25) is 9.59 Å². The molecule has 2 amide bonds. The molecule has 1 fully saturated rings. The van der Waals surface area contributed by atoms with E-state index in [9.17, 15) is 9.59 Å². The van der Waals surface area contributed by atoms with Crippen LogP contribution >= 0.6 is 0 Å². The average Bonchev–Trinajstić information content (AvgIpc) is 2.93. The molecule has 0 radical (unpaired) electrons. The van der Waals surface area contributed by atoms with Gasteiger partial charge < -0.3 is 11.1 Å². The monoisotopic (exact) mass is 315 g/mol. The maximum absolute atomic E-state index is 12.6. The highest BCUT2D eigenvalue weighted by Crippen LogP contribution is 2.35. The molecule has 0 aromatic carbocycles. The van der Waals surface area contributed by atoms with Crippen molar-refractivity contribution >= 4 is 17.5 Å². The summed E-state index contributed by atoms with van der Waals surface area (Å²) in [7, 11) is 0. The standard InChI is InChI=1S/C16H21N5O2/c1-16(2)6-3-10(4-7-16)20-15(23)12-5-8-18-14-11(13(17)22)9-19-21(12)14/h5,8-10H,3-4,6-7H2,1-2H3,(H2,17,22)(H,20,23). The molecule has 0 bridgehead atoms. The second kappa shape index (κ2) is 5.64. The molecule has 3 N–H and O–H groups in total. The van der Waals surface area contributed by atoms with Crippen LogP contribution in [0.25, 0.3) is 5.65 Å². The normalized spacial score (nSPS) is 18.0. The van der Waals surface area contributed by atoms with Gasteiger partial charge in [-0.25, -0.2) is 9.50 Å². The first-order chi connectivity index (χ1) is 10.9. The summed E-state index contributed by atoms with van der Waals surface area (Å²) in [5.74, 6) is -0.819. The zero-order chi connectivity index (χ0) is 16.6. The Labute approximate surface area is 134 Å². The maximum Gasteiger partial charge on any atom is 0.270 e. The van der Waals surface area contributed by atoms with E-state index in [0.717, 1.165) is 25.7 Å². The summed E-state index contributed by atoms with van der Waals surface area (Å²) < 4.78 is 1.36. The first-order valence-corrected chi connectivity index (χ1v) is 7.81. The Kier molecular flexibility index (Phi) is 3.79. The fourth-order valence-corrected chi connectivity index (χ4v) is 3.04. The first kappa shape index (κ1) is 15.5. The molecule has 1 aliphatic carbocycles. The highest BCUT2D eigenvalue weighted by molar-refractivity contribution is 5.99. The molecule has 7 nitrogen and oxygen atoms in total. The Morgan fingerprint density at radius 1 is 1.35 bits per heavy atom. The Morgan fingerprint density at radius 2 is 2.04 bits per heavy atom. The van der Waals surface area contributed by atoms with Gasteiger partial charge in [0.05, 0.1) is 6.20 Å². The van der Waals surface area contributed by atoms with Crippen molar-refractivity contribution in [3.8, 4) is 0 Å². The van der Waals surface area contributed by atoms with Crippen molar-refractivity contribution < 1.29 is 9.59 Å². The van der Waals surface area contributed by atoms with Gasteiger partial charge in [0, 0.05) is 12.2 Å². The third-order valence-corrected chi connectivity index (χ3v) is 4.57. The van der Waals surface area contributed by atoms with Crippen LogP contribution in [0, 0.1) is 5.41 Å². The molecule has 0 atom stereocenters. The third kappa shape index (κ3) is 3.04. The molecule has 2 heterocycles. The zero-order valence-corrected chi connectivity index (χ0v) is 13.4. The van der Waals surface area contributed by atoms with Crippen LogP contribution in [0.1, 0.15) is 60.4 Å². The number of nitrogens with one attached hydrogen (secondary N) is 1. The van der Waals surface area contributed by atoms with E-state index in [2.05, 4.69) is 29.2 Å². The fraction of sp³-hybridized carbons (Fsp3) is 0.500. The molecule has 0 saturated heterocycles. The molecule has 2 aromatic rings. The number of nitrogens with two attached hydrogens (primary N) is 1. The Bertz CT molecular complexity index is 755. The van der Waals surface area contributed by atoms with Gasteiger partial charge in [0.15, 0.2) is 5.65 Å². The SMILES string of the molecule is CC1(C)CCC(NC(=O)c2ccnc3c(C(N)=O)cnn23)CC1. The minimum Gasteiger partial charge on any atom is -0.365 e. The lowest BCUT2D eigenvalue weighted by Crippen LogP contribution is -2.40. The van der Waals surface area contributed by atoms with Crippen molar-refractivity contribution in [3.05, 3.63) is 29.7 Å². The number of nitrogens with zero attached hydrogens (tertiary/aromatic N) is 3. The van der Waals surface area contributed by atoms with Gasteiger partial charge in [-0.2, -0.15) is 5.10 Å². The maximum atomic E-state index is 12.6. The molecule has 23 heavy (non-hydrogen) atoms. The summed E-state index contributed by atoms with van der Waals surface area (Å²) in [4.78, 5) is 28.0. The Hall–Kier alpha value is -2.44. The predicted octanol–water partition coefficient (Wildman–Crippen LogP) is 1.53. The highest BCUT2D eigenvalue weighted by atomic mass is 16.2. The van der Waals surface area contributed by atoms with Crippen LogP contribution < -0.4 is 11.1 Å². The van der Waals surface area contributed by atoms with Gasteiger partial charge in [-0.1, -0.05) is 13.8 Å². The molecule has 1 aliphatic rings. The molecule has 0 unspecified atom stereocenters. The summed E-state index contributed by atoms with van der Waals surface area (Å²) in [6, 6.07) is 1.76. The number of carbonyl (C=O) groups is 2. The summed E-state index contributed by atoms with van der Waals surface area (Å²) in [5, 5.41) is 7.13. The first-order valence-electron chi connectivity index (χ1n) is 7.81. The molecule has 122 valence electrons. The summed E-state index contributed by atoms with van der Waals surface area (Å²) in [6.45, 7) is 4.51. The number of rotatable bonds is 3. The summed E-state index contributed by atoms with van der Waals surface area (Å²) in [5.41, 5.74) is 6.51. The van der Waals surface area contributed by atoms with Gasteiger partial charge in [0.1, 0.15) is 11.3 Å². The molecular weight excluding hydrogens is 294 g/mol. The van der Waals surface area contributed by atoms with E-state index < -0.39 is 5.91 Å². The van der Waals surface area contributed by atoms with Crippen molar-refractivity contribution in [2.75, 3.05) is 0 Å². The largest absolute Gasteiger partial charge is 0.365 e. The third-order valence-electron chi connectivity index (χ3n) is 4.57. The fourth-order valence-electron chi connectivity index (χ4n) is 3.04. The predicted molar refractivity (Wildman–Crippen MR) is 85.0 cm³/mol. The van der Waals surface area contributed by atoms with Crippen LogP contribution in [0.15, 0.2) is 18.5 Å². The quantitative estimate of drug-likeness (QED) is 0.896. The molecule has 0 aliphatic heterocycles. The summed E-state index contributed by atoms with van der Waals surface area (Å²) in [6.07, 6.45) is 6.96. The average molecular weight is 315 g/mol. The van der Waals surface area contributed by atoms with E-state index in [-0.39, 0.29) is 17.5 Å². The lowest BCUT2D eigenvalue weighted by molar-refractivity contribution is 0.0900. The number of carbonyl (C=O) groups excluding carboxylic acids is 2. The number of primary amides is 1. The second-order valence-corrected chi connectivity index (χ2v) is 6.90. The molecule has 0 spiro atoms. The van der Waals surface area contributed by atoms with E-state index in [1.165, 1.54) is 16.9 Å². The topological polar surface area (TPSA) is 102 Å². The number of hydrogen-bond acceptors (Lipinski definition) is 4. The number of hydrogen-bond donors (Lipinski definition) is 2. The Balaban J connectivity index is 1.80. The van der Waals surface area contributed by atoms with Crippen LogP contribution in [-0.2, 0) is 0 Å². The van der Waals surface area contributed by atoms with Crippen LogP contribution in [0.2, 0.25) is 0 Å². The second-order valence-electron chi connectivity index (χ2n) is 6.90. The van der Waals surface area contributed by atoms with Crippen LogP contribution in [0.3, 0.4) is 0 Å². The van der Waals surface area contributed by atoms with E-state index in [1.54, 1.807) is 6.07 Å². The van der Waals surface area contributed by atoms with Gasteiger partial charge in [-0.05, 0) is 37.2 Å². The van der Waals surface area contributed by atoms with Crippen molar-refractivity contribution in [1.29, 1.82) is 0 Å². The van der Waals surface area contributed by atoms with Gasteiger partial charge >= 0.3 is 0 Å². The molecular formula is C16H21N5O2. The van der Waals surface area contributed by atoms with Crippen molar-refractivity contribution in [2.24, 2.45) is 11.1 Å². The van der Waals surface area contributed by atoms with Crippen LogP contribution in [0.4, 0.5) is 0 Å². The van der Waals surface area contributed by atoms with E-state index in [1.807, 2.05) is 0 Å². The number of fused-ring (bicyclic) bond motifs is 1. The van der Waals surface area contributed by atoms with Gasteiger partial charge in [0.2, 0.25) is 0 Å². The Morgan fingerprint density at radius 3 is 2.70 bits per heavy atom. The van der Waals surface area contributed by atoms with E-state index >= 15 is 0 Å². The minimum absolute atomic E-state index is 0.171. The molecule has 1 saturated carbocycles. The lowest BCUT2D eigenvalue weighted by atomic mass is 9.75. The van der Waals surface area contributed by atoms with E-state index in [0.29, 0.717) is 16.8 Å². The zero-order valence-electron chi connectivity index (χ0n) is 13.4. The smallest absolute Gasteiger partial charge is 0.270 e. The minimum atomic E-state index is -0.612. The summed E-state index contributed by atoms with van der Waals surface area (Å²) >= 11 is 0. The van der Waals surface area contributed by atoms with E-state index in [4.69, 9.17) is 5.73 Å². The van der Waals surface area contributed by atoms with Crippen LogP contribution in [0.5, 0.6) is 0 Å². The van der Waals surface area contributed by atoms with Gasteiger partial charge in [-0.15, -0.1) is 0 Å². The lowest BCUT2D eigenvalue weighted by Gasteiger charge is -2.34. The molecule has 2 aromatic heterocycles.